The van der Waals surface area contributed by atoms with Gasteiger partial charge < -0.3 is 24.2 Å². The van der Waals surface area contributed by atoms with E-state index in [9.17, 15) is 23.5 Å². The molecule has 1 aliphatic heterocycles. The molecule has 0 saturated carbocycles. The maximum absolute atomic E-state index is 13.5. The molecule has 3 aromatic carbocycles. The molecule has 0 bridgehead atoms. The van der Waals surface area contributed by atoms with E-state index >= 15 is 0 Å². The third-order valence-electron chi connectivity index (χ3n) is 7.20. The van der Waals surface area contributed by atoms with Crippen LogP contribution in [-0.4, -0.2) is 40.1 Å². The Morgan fingerprint density at radius 3 is 2.61 bits per heavy atom. The summed E-state index contributed by atoms with van der Waals surface area (Å²) in [6.07, 6.45) is -1.72. The minimum atomic E-state index is -3.75. The van der Waals surface area contributed by atoms with Gasteiger partial charge in [0.2, 0.25) is 0 Å². The number of hydrogen-bond acceptors (Lipinski definition) is 6. The van der Waals surface area contributed by atoms with Gasteiger partial charge in [-0.05, 0) is 74.7 Å². The highest BCUT2D eigenvalue weighted by Gasteiger charge is 2.43. The highest BCUT2D eigenvalue weighted by atomic mass is 19.3. The summed E-state index contributed by atoms with van der Waals surface area (Å²) in [6.45, 7) is 1.93. The van der Waals surface area contributed by atoms with Crippen molar-refractivity contribution in [2.75, 3.05) is 11.9 Å². The highest BCUT2D eigenvalue weighted by Crippen LogP contribution is 2.43. The van der Waals surface area contributed by atoms with Gasteiger partial charge in [-0.1, -0.05) is 12.1 Å². The van der Waals surface area contributed by atoms with Crippen LogP contribution in [0.4, 0.5) is 14.5 Å². The molecule has 1 unspecified atom stereocenters. The first kappa shape index (κ1) is 26.3. The average Bonchev–Trinajstić information content (AvgIpc) is 3.47. The van der Waals surface area contributed by atoms with Crippen molar-refractivity contribution in [1.82, 2.24) is 9.78 Å². The lowest BCUT2D eigenvalue weighted by molar-refractivity contribution is -0.286. The number of carboxylic acid groups (broad SMARTS) is 1. The zero-order chi connectivity index (χ0) is 28.9. The van der Waals surface area contributed by atoms with Gasteiger partial charge in [-0.15, -0.1) is 8.78 Å². The van der Waals surface area contributed by atoms with E-state index in [2.05, 4.69) is 9.47 Å². The molecule has 9 nitrogen and oxygen atoms in total. The van der Waals surface area contributed by atoms with E-state index in [-0.39, 0.29) is 29.1 Å². The molecule has 210 valence electrons. The Hall–Kier alpha value is -4.93. The molecule has 1 N–H and O–H groups in total. The van der Waals surface area contributed by atoms with Crippen LogP contribution in [0.2, 0.25) is 0 Å². The van der Waals surface area contributed by atoms with Crippen molar-refractivity contribution in [2.24, 2.45) is 0 Å². The fourth-order valence-corrected chi connectivity index (χ4v) is 5.22. The second-order valence-electron chi connectivity index (χ2n) is 9.91. The van der Waals surface area contributed by atoms with E-state index in [4.69, 9.17) is 9.84 Å². The second-order valence-corrected chi connectivity index (χ2v) is 9.91. The minimum Gasteiger partial charge on any atom is -0.484 e. The summed E-state index contributed by atoms with van der Waals surface area (Å²) in [5.74, 6) is -1.22. The maximum Gasteiger partial charge on any atom is 0.586 e. The number of carboxylic acids is 1. The number of hydrogen-bond donors (Lipinski definition) is 1. The van der Waals surface area contributed by atoms with Gasteiger partial charge in [-0.25, -0.2) is 9.48 Å². The molecule has 2 aliphatic rings. The number of aryl methyl sites for hydroxylation is 1. The Kier molecular flexibility index (Phi) is 6.36. The van der Waals surface area contributed by atoms with Gasteiger partial charge in [0.1, 0.15) is 11.9 Å². The van der Waals surface area contributed by atoms with Crippen LogP contribution in [0.15, 0.2) is 66.7 Å². The summed E-state index contributed by atoms with van der Waals surface area (Å²) in [5.41, 5.74) is 4.25. The summed E-state index contributed by atoms with van der Waals surface area (Å²) < 4.78 is 44.0. The minimum absolute atomic E-state index is 0.105. The number of aromatic carboxylic acids is 1. The van der Waals surface area contributed by atoms with E-state index in [1.54, 1.807) is 42.1 Å². The summed E-state index contributed by atoms with van der Waals surface area (Å²) >= 11 is 0. The van der Waals surface area contributed by atoms with Crippen LogP contribution in [0.1, 0.15) is 56.6 Å². The molecule has 41 heavy (non-hydrogen) atoms. The third kappa shape index (κ3) is 4.94. The SMILES string of the molecule is Cc1nn(-c2cccc(C(=O)N(C)c3ccc4c(c3)OC(F)(F)O4)c2)c2c1CCCC2Oc1cccc(C(=O)O)c1. The normalized spacial score (nSPS) is 16.6. The van der Waals surface area contributed by atoms with Gasteiger partial charge in [-0.3, -0.25) is 4.79 Å². The Morgan fingerprint density at radius 2 is 1.80 bits per heavy atom. The van der Waals surface area contributed by atoms with Crippen molar-refractivity contribution < 1.29 is 37.7 Å². The second kappa shape index (κ2) is 9.92. The smallest absolute Gasteiger partial charge is 0.484 e. The van der Waals surface area contributed by atoms with Crippen molar-refractivity contribution in [3.63, 3.8) is 0 Å². The Labute approximate surface area is 233 Å². The number of amides is 1. The fraction of sp³-hybridized carbons (Fsp3) is 0.233. The van der Waals surface area contributed by atoms with E-state index in [1.807, 2.05) is 13.0 Å². The van der Waals surface area contributed by atoms with Gasteiger partial charge in [0.15, 0.2) is 11.5 Å². The van der Waals surface area contributed by atoms with Crippen LogP contribution in [0.25, 0.3) is 5.69 Å². The maximum atomic E-state index is 13.5. The van der Waals surface area contributed by atoms with Gasteiger partial charge in [0, 0.05) is 29.9 Å². The molecule has 0 spiro atoms. The Balaban J connectivity index is 1.30. The predicted molar refractivity (Wildman–Crippen MR) is 143 cm³/mol. The van der Waals surface area contributed by atoms with Gasteiger partial charge in [0.25, 0.3) is 5.91 Å². The third-order valence-corrected chi connectivity index (χ3v) is 7.20. The molecule has 4 aromatic rings. The number of ether oxygens (including phenoxy) is 3. The van der Waals surface area contributed by atoms with Crippen LogP contribution in [-0.2, 0) is 6.42 Å². The number of alkyl halides is 2. The van der Waals surface area contributed by atoms with Crippen LogP contribution in [0, 0.1) is 6.92 Å². The Bertz CT molecular complexity index is 1680. The molecular weight excluding hydrogens is 536 g/mol. The van der Waals surface area contributed by atoms with E-state index in [0.717, 1.165) is 29.8 Å². The number of fused-ring (bicyclic) bond motifs is 2. The first-order valence-corrected chi connectivity index (χ1v) is 13.0. The fourth-order valence-electron chi connectivity index (χ4n) is 5.22. The number of carbonyl (C=O) groups is 2. The summed E-state index contributed by atoms with van der Waals surface area (Å²) in [7, 11) is 1.54. The summed E-state index contributed by atoms with van der Waals surface area (Å²) in [4.78, 5) is 26.2. The lowest BCUT2D eigenvalue weighted by atomic mass is 9.93. The number of rotatable bonds is 6. The van der Waals surface area contributed by atoms with Crippen LogP contribution in [0.3, 0.4) is 0 Å². The van der Waals surface area contributed by atoms with Crippen LogP contribution >= 0.6 is 0 Å². The molecule has 0 saturated heterocycles. The van der Waals surface area contributed by atoms with Crippen LogP contribution in [0.5, 0.6) is 17.2 Å². The number of halogens is 2. The Morgan fingerprint density at radius 1 is 1.05 bits per heavy atom. The molecule has 1 amide bonds. The zero-order valence-corrected chi connectivity index (χ0v) is 22.1. The lowest BCUT2D eigenvalue weighted by Gasteiger charge is -2.26. The van der Waals surface area contributed by atoms with E-state index in [0.29, 0.717) is 29.1 Å². The largest absolute Gasteiger partial charge is 0.586 e. The first-order chi connectivity index (χ1) is 19.6. The van der Waals surface area contributed by atoms with Gasteiger partial charge in [0.05, 0.1) is 22.6 Å². The van der Waals surface area contributed by atoms with Crippen LogP contribution < -0.4 is 19.1 Å². The molecule has 0 radical (unpaired) electrons. The number of benzene rings is 3. The first-order valence-electron chi connectivity index (χ1n) is 13.0. The van der Waals surface area contributed by atoms with Crippen molar-refractivity contribution >= 4 is 17.6 Å². The van der Waals surface area contributed by atoms with Gasteiger partial charge >= 0.3 is 12.3 Å². The zero-order valence-electron chi connectivity index (χ0n) is 22.1. The van der Waals surface area contributed by atoms with Crippen molar-refractivity contribution in [3.8, 4) is 22.9 Å². The summed E-state index contributed by atoms with van der Waals surface area (Å²) in [6, 6.07) is 17.5. The molecule has 1 aliphatic carbocycles. The number of carbonyl (C=O) groups excluding carboxylic acids is 1. The van der Waals surface area contributed by atoms with E-state index < -0.39 is 12.3 Å². The monoisotopic (exact) mass is 561 g/mol. The molecular formula is C30H25F2N3O6. The molecule has 1 aromatic heterocycles. The quantitative estimate of drug-likeness (QED) is 0.311. The molecule has 1 atom stereocenters. The summed E-state index contributed by atoms with van der Waals surface area (Å²) in [5, 5.41) is 14.1. The molecule has 2 heterocycles. The van der Waals surface area contributed by atoms with Crippen molar-refractivity contribution in [1.29, 1.82) is 0 Å². The highest BCUT2D eigenvalue weighted by molar-refractivity contribution is 6.06. The van der Waals surface area contributed by atoms with Crippen molar-refractivity contribution in [3.05, 3.63) is 94.8 Å². The standard InChI is InChI=1S/C30H25F2N3O6/c1-17-23-10-5-11-25(39-22-9-4-7-19(15-22)29(37)38)27(23)35(33-17)21-8-3-6-18(14-21)28(36)34(2)20-12-13-24-26(16-20)41-30(31,32)40-24/h3-4,6-9,12-16,25H,5,10-11H2,1-2H3,(H,37,38). The number of anilines is 1. The predicted octanol–water partition coefficient (Wildman–Crippen LogP) is 5.93. The van der Waals surface area contributed by atoms with Crippen molar-refractivity contribution in [2.45, 2.75) is 38.6 Å². The molecule has 6 rings (SSSR count). The lowest BCUT2D eigenvalue weighted by Crippen LogP contribution is -2.26. The number of aromatic nitrogens is 2. The number of nitrogens with zero attached hydrogens (tertiary/aromatic N) is 3. The topological polar surface area (TPSA) is 103 Å². The molecule has 11 heteroatoms. The van der Waals surface area contributed by atoms with E-state index in [1.165, 1.54) is 35.2 Å². The average molecular weight is 562 g/mol. The van der Waals surface area contributed by atoms with Gasteiger partial charge in [-0.2, -0.15) is 5.10 Å². The molecule has 0 fully saturated rings.